The fourth-order valence-electron chi connectivity index (χ4n) is 2.51. The molecule has 0 aliphatic rings. The van der Waals surface area contributed by atoms with Gasteiger partial charge in [-0.05, 0) is 51.7 Å². The third-order valence-electron chi connectivity index (χ3n) is 4.42. The lowest BCUT2D eigenvalue weighted by Gasteiger charge is -2.32. The lowest BCUT2D eigenvalue weighted by Crippen LogP contribution is -2.40. The fraction of sp³-hybridized carbons (Fsp3) is 0.667. The normalized spacial score (nSPS) is 17.7. The highest BCUT2D eigenvalue weighted by atomic mass is 32.2. The molecule has 0 amide bonds. The first kappa shape index (κ1) is 19.2. The number of hydrogen-bond acceptors (Lipinski definition) is 3. The fourth-order valence-corrected chi connectivity index (χ4v) is 4.17. The van der Waals surface area contributed by atoms with Crippen molar-refractivity contribution in [3.05, 3.63) is 29.8 Å². The third-order valence-corrected chi connectivity index (χ3v) is 6.84. The molecule has 3 atom stereocenters. The highest BCUT2D eigenvalue weighted by Crippen LogP contribution is 2.32. The van der Waals surface area contributed by atoms with Crippen molar-refractivity contribution in [3.8, 4) is 0 Å². The minimum absolute atomic E-state index is 0.0832. The predicted molar refractivity (Wildman–Crippen MR) is 91.7 cm³/mol. The summed E-state index contributed by atoms with van der Waals surface area (Å²) < 4.78 is 31.9. The summed E-state index contributed by atoms with van der Waals surface area (Å²) in [6.07, 6.45) is 2.28. The van der Waals surface area contributed by atoms with Gasteiger partial charge < -0.3 is 4.74 Å². The van der Waals surface area contributed by atoms with Gasteiger partial charge in [0.15, 0.2) is 4.93 Å². The SMILES string of the molecule is CCC(C)CC(C)OC(C)(CC)S(=O)(=O)c1ccc(C)cc1. The van der Waals surface area contributed by atoms with Crippen LogP contribution in [-0.4, -0.2) is 19.5 Å². The van der Waals surface area contributed by atoms with Crippen molar-refractivity contribution >= 4 is 9.84 Å². The molecule has 22 heavy (non-hydrogen) atoms. The van der Waals surface area contributed by atoms with E-state index in [0.29, 0.717) is 17.2 Å². The molecular formula is C18H30O3S. The van der Waals surface area contributed by atoms with Crippen LogP contribution in [0, 0.1) is 12.8 Å². The average Bonchev–Trinajstić information content (AvgIpc) is 2.46. The van der Waals surface area contributed by atoms with Crippen LogP contribution in [0.15, 0.2) is 29.2 Å². The summed E-state index contributed by atoms with van der Waals surface area (Å²) >= 11 is 0. The molecule has 0 spiro atoms. The quantitative estimate of drug-likeness (QED) is 0.693. The Hall–Kier alpha value is -0.870. The maximum absolute atomic E-state index is 13.0. The monoisotopic (exact) mass is 326 g/mol. The van der Waals surface area contributed by atoms with Crippen LogP contribution in [0.25, 0.3) is 0 Å². The molecule has 3 unspecified atom stereocenters. The summed E-state index contributed by atoms with van der Waals surface area (Å²) in [5, 5.41) is 0. The van der Waals surface area contributed by atoms with E-state index in [0.717, 1.165) is 18.4 Å². The van der Waals surface area contributed by atoms with Gasteiger partial charge in [0.1, 0.15) is 0 Å². The van der Waals surface area contributed by atoms with Crippen molar-refractivity contribution in [2.45, 2.75) is 76.7 Å². The van der Waals surface area contributed by atoms with E-state index < -0.39 is 14.8 Å². The van der Waals surface area contributed by atoms with Gasteiger partial charge in [-0.3, -0.25) is 0 Å². The molecule has 0 fully saturated rings. The number of hydrogen-bond donors (Lipinski definition) is 0. The summed E-state index contributed by atoms with van der Waals surface area (Å²) in [6.45, 7) is 11.8. The number of sulfone groups is 1. The number of ether oxygens (including phenoxy) is 1. The Kier molecular flexibility index (Phi) is 6.63. The van der Waals surface area contributed by atoms with E-state index in [9.17, 15) is 8.42 Å². The molecule has 0 N–H and O–H groups in total. The van der Waals surface area contributed by atoms with Gasteiger partial charge in [-0.25, -0.2) is 8.42 Å². The van der Waals surface area contributed by atoms with Crippen molar-refractivity contribution in [2.75, 3.05) is 0 Å². The van der Waals surface area contributed by atoms with Crippen LogP contribution in [0.3, 0.4) is 0 Å². The Morgan fingerprint density at radius 3 is 2.14 bits per heavy atom. The van der Waals surface area contributed by atoms with Gasteiger partial charge in [0.25, 0.3) is 0 Å². The maximum atomic E-state index is 13.0. The zero-order valence-electron chi connectivity index (χ0n) is 14.7. The van der Waals surface area contributed by atoms with Crippen LogP contribution < -0.4 is 0 Å². The Labute approximate surface area is 136 Å². The molecule has 0 heterocycles. The molecule has 126 valence electrons. The molecule has 3 nitrogen and oxygen atoms in total. The van der Waals surface area contributed by atoms with Crippen molar-refractivity contribution in [2.24, 2.45) is 5.92 Å². The Balaban J connectivity index is 3.03. The topological polar surface area (TPSA) is 43.4 Å². The van der Waals surface area contributed by atoms with Crippen molar-refractivity contribution in [1.82, 2.24) is 0 Å². The van der Waals surface area contributed by atoms with E-state index in [1.807, 2.05) is 32.9 Å². The highest BCUT2D eigenvalue weighted by molar-refractivity contribution is 7.92. The van der Waals surface area contributed by atoms with Crippen LogP contribution in [0.1, 0.15) is 59.4 Å². The second-order valence-corrected chi connectivity index (χ2v) is 8.82. The zero-order valence-corrected chi connectivity index (χ0v) is 15.5. The van der Waals surface area contributed by atoms with Crippen LogP contribution in [0.5, 0.6) is 0 Å². The maximum Gasteiger partial charge on any atom is 0.207 e. The molecule has 0 radical (unpaired) electrons. The van der Waals surface area contributed by atoms with Gasteiger partial charge in [0.05, 0.1) is 11.0 Å². The summed E-state index contributed by atoms with van der Waals surface area (Å²) in [5.41, 5.74) is 1.04. The first-order chi connectivity index (χ1) is 10.2. The minimum atomic E-state index is -3.53. The molecule has 0 bridgehead atoms. The number of aryl methyl sites for hydroxylation is 1. The van der Waals surface area contributed by atoms with Crippen molar-refractivity contribution in [3.63, 3.8) is 0 Å². The third kappa shape index (κ3) is 4.32. The molecule has 0 aliphatic heterocycles. The number of rotatable bonds is 8. The molecular weight excluding hydrogens is 296 g/mol. The van der Waals surface area contributed by atoms with Crippen LogP contribution in [0.2, 0.25) is 0 Å². The predicted octanol–water partition coefficient (Wildman–Crippen LogP) is 4.74. The average molecular weight is 327 g/mol. The van der Waals surface area contributed by atoms with Crippen molar-refractivity contribution < 1.29 is 13.2 Å². The van der Waals surface area contributed by atoms with Crippen molar-refractivity contribution in [1.29, 1.82) is 0 Å². The van der Waals surface area contributed by atoms with E-state index in [4.69, 9.17) is 4.74 Å². The molecule has 1 rings (SSSR count). The summed E-state index contributed by atoms with van der Waals surface area (Å²) in [7, 11) is -3.53. The highest BCUT2D eigenvalue weighted by Gasteiger charge is 2.41. The first-order valence-corrected chi connectivity index (χ1v) is 9.63. The van der Waals surface area contributed by atoms with Gasteiger partial charge in [-0.1, -0.05) is 44.9 Å². The van der Waals surface area contributed by atoms with E-state index in [2.05, 4.69) is 13.8 Å². The Bertz CT molecular complexity index is 562. The number of benzene rings is 1. The standard InChI is InChI=1S/C18H30O3S/c1-7-14(3)13-16(5)21-18(6,8-2)22(19,20)17-11-9-15(4)10-12-17/h9-12,14,16H,7-8,13H2,1-6H3. The first-order valence-electron chi connectivity index (χ1n) is 8.15. The molecule has 1 aromatic rings. The van der Waals surface area contributed by atoms with E-state index >= 15 is 0 Å². The van der Waals surface area contributed by atoms with E-state index in [-0.39, 0.29) is 6.10 Å². The van der Waals surface area contributed by atoms with E-state index in [1.54, 1.807) is 19.1 Å². The van der Waals surface area contributed by atoms with Gasteiger partial charge >= 0.3 is 0 Å². The lowest BCUT2D eigenvalue weighted by atomic mass is 10.0. The molecule has 0 aromatic heterocycles. The summed E-state index contributed by atoms with van der Waals surface area (Å²) in [5.74, 6) is 0.526. The van der Waals surface area contributed by atoms with E-state index in [1.165, 1.54) is 0 Å². The molecule has 4 heteroatoms. The molecule has 0 saturated heterocycles. The van der Waals surface area contributed by atoms with Gasteiger partial charge in [0.2, 0.25) is 9.84 Å². The largest absolute Gasteiger partial charge is 0.356 e. The van der Waals surface area contributed by atoms with Crippen LogP contribution in [-0.2, 0) is 14.6 Å². The lowest BCUT2D eigenvalue weighted by molar-refractivity contribution is -0.0330. The minimum Gasteiger partial charge on any atom is -0.356 e. The zero-order chi connectivity index (χ0) is 17.0. The molecule has 0 saturated carbocycles. The Morgan fingerprint density at radius 1 is 1.14 bits per heavy atom. The second kappa shape index (κ2) is 7.60. The van der Waals surface area contributed by atoms with Crippen LogP contribution in [0.4, 0.5) is 0 Å². The van der Waals surface area contributed by atoms with Gasteiger partial charge in [-0.15, -0.1) is 0 Å². The second-order valence-electron chi connectivity index (χ2n) is 6.48. The van der Waals surface area contributed by atoms with Gasteiger partial charge in [-0.2, -0.15) is 0 Å². The Morgan fingerprint density at radius 2 is 1.68 bits per heavy atom. The summed E-state index contributed by atoms with van der Waals surface area (Å²) in [6, 6.07) is 6.99. The van der Waals surface area contributed by atoms with Gasteiger partial charge in [0, 0.05) is 0 Å². The molecule has 1 aromatic carbocycles. The van der Waals surface area contributed by atoms with Crippen LogP contribution >= 0.6 is 0 Å². The molecule has 0 aliphatic carbocycles. The summed E-state index contributed by atoms with van der Waals surface area (Å²) in [4.78, 5) is -0.854. The smallest absolute Gasteiger partial charge is 0.207 e.